The largest absolute Gasteiger partial charge is 0.396 e. The van der Waals surface area contributed by atoms with Crippen molar-refractivity contribution in [2.24, 2.45) is 5.92 Å². The molecule has 3 N–H and O–H groups in total. The Balaban J connectivity index is 2.27. The van der Waals surface area contributed by atoms with Crippen molar-refractivity contribution in [2.45, 2.75) is 31.3 Å². The fourth-order valence-corrected chi connectivity index (χ4v) is 3.14. The molecule has 3 nitrogen and oxygen atoms in total. The zero-order valence-corrected chi connectivity index (χ0v) is 11.9. The molecule has 1 aromatic carbocycles. The van der Waals surface area contributed by atoms with Gasteiger partial charge in [0.05, 0.1) is 5.60 Å². The van der Waals surface area contributed by atoms with Gasteiger partial charge < -0.3 is 15.5 Å². The summed E-state index contributed by atoms with van der Waals surface area (Å²) >= 11 is 6.05. The van der Waals surface area contributed by atoms with E-state index in [1.807, 2.05) is 24.3 Å². The Morgan fingerprint density at radius 2 is 2.26 bits per heavy atom. The minimum Gasteiger partial charge on any atom is -0.396 e. The third-order valence-electron chi connectivity index (χ3n) is 4.01. The van der Waals surface area contributed by atoms with E-state index in [2.05, 4.69) is 5.32 Å². The van der Waals surface area contributed by atoms with E-state index >= 15 is 0 Å². The molecule has 0 unspecified atom stereocenters. The number of rotatable bonds is 5. The Labute approximate surface area is 119 Å². The fraction of sp³-hybridized carbons (Fsp3) is 0.600. The van der Waals surface area contributed by atoms with E-state index in [9.17, 15) is 5.11 Å². The first-order chi connectivity index (χ1) is 9.16. The van der Waals surface area contributed by atoms with Gasteiger partial charge in [-0.3, -0.25) is 0 Å². The van der Waals surface area contributed by atoms with Crippen molar-refractivity contribution in [3.05, 3.63) is 34.9 Å². The molecule has 0 bridgehead atoms. The number of halogens is 1. The van der Waals surface area contributed by atoms with Crippen LogP contribution in [0.3, 0.4) is 0 Å². The second-order valence-electron chi connectivity index (χ2n) is 5.31. The lowest BCUT2D eigenvalue weighted by atomic mass is 9.75. The lowest BCUT2D eigenvalue weighted by molar-refractivity contribution is -0.0448. The van der Waals surface area contributed by atoms with Crippen molar-refractivity contribution in [1.82, 2.24) is 5.32 Å². The van der Waals surface area contributed by atoms with Gasteiger partial charge in [0.25, 0.3) is 0 Å². The first kappa shape index (κ1) is 14.8. The standard InChI is InChI=1S/C15H22ClNO2/c16-14-6-1-4-12(10-14)15(19,7-3-9-18)13-5-2-8-17-11-13/h1,4,6,10,13,17-19H,2-3,5,7-9,11H2/t13-,15-/m1/s1. The lowest BCUT2D eigenvalue weighted by Crippen LogP contribution is -2.44. The van der Waals surface area contributed by atoms with E-state index in [-0.39, 0.29) is 12.5 Å². The minimum atomic E-state index is -0.902. The van der Waals surface area contributed by atoms with Crippen LogP contribution in [0, 0.1) is 5.92 Å². The summed E-state index contributed by atoms with van der Waals surface area (Å²) < 4.78 is 0. The number of aliphatic hydroxyl groups excluding tert-OH is 1. The molecule has 0 amide bonds. The van der Waals surface area contributed by atoms with Crippen molar-refractivity contribution in [3.8, 4) is 0 Å². The van der Waals surface area contributed by atoms with Gasteiger partial charge in [0.1, 0.15) is 0 Å². The van der Waals surface area contributed by atoms with Gasteiger partial charge in [-0.2, -0.15) is 0 Å². The van der Waals surface area contributed by atoms with Crippen LogP contribution in [0.4, 0.5) is 0 Å². The van der Waals surface area contributed by atoms with E-state index in [0.717, 1.165) is 31.5 Å². The van der Waals surface area contributed by atoms with Gasteiger partial charge in [-0.1, -0.05) is 23.7 Å². The molecule has 4 heteroatoms. The Morgan fingerprint density at radius 1 is 1.42 bits per heavy atom. The SMILES string of the molecule is OCCC[C@@](O)(c1cccc(Cl)c1)[C@@H]1CCCNC1. The van der Waals surface area contributed by atoms with Crippen molar-refractivity contribution in [3.63, 3.8) is 0 Å². The second kappa shape index (κ2) is 6.71. The maximum absolute atomic E-state index is 11.2. The predicted molar refractivity (Wildman–Crippen MR) is 77.3 cm³/mol. The highest BCUT2D eigenvalue weighted by Gasteiger charge is 2.38. The predicted octanol–water partition coefficient (Wildman–Crippen LogP) is 2.30. The molecule has 2 rings (SSSR count). The molecule has 1 fully saturated rings. The molecule has 1 aliphatic heterocycles. The van der Waals surface area contributed by atoms with E-state index in [0.29, 0.717) is 17.9 Å². The molecule has 0 spiro atoms. The van der Waals surface area contributed by atoms with Crippen LogP contribution >= 0.6 is 11.6 Å². The van der Waals surface area contributed by atoms with Gasteiger partial charge in [-0.15, -0.1) is 0 Å². The normalized spacial score (nSPS) is 23.0. The fourth-order valence-electron chi connectivity index (χ4n) is 2.95. The van der Waals surface area contributed by atoms with Crippen LogP contribution in [0.5, 0.6) is 0 Å². The van der Waals surface area contributed by atoms with Gasteiger partial charge in [0, 0.05) is 24.1 Å². The quantitative estimate of drug-likeness (QED) is 0.777. The molecule has 1 aliphatic rings. The Kier molecular flexibility index (Phi) is 5.22. The van der Waals surface area contributed by atoms with Crippen LogP contribution in [0.1, 0.15) is 31.2 Å². The summed E-state index contributed by atoms with van der Waals surface area (Å²) in [6, 6.07) is 7.46. The number of benzene rings is 1. The average molecular weight is 284 g/mol. The summed E-state index contributed by atoms with van der Waals surface area (Å²) in [5.74, 6) is 0.172. The Hall–Kier alpha value is -0.610. The second-order valence-corrected chi connectivity index (χ2v) is 5.74. The van der Waals surface area contributed by atoms with E-state index in [1.165, 1.54) is 0 Å². The van der Waals surface area contributed by atoms with E-state index in [4.69, 9.17) is 16.7 Å². The van der Waals surface area contributed by atoms with Crippen LogP contribution in [-0.4, -0.2) is 29.9 Å². The Morgan fingerprint density at radius 3 is 2.89 bits per heavy atom. The molecule has 0 saturated carbocycles. The van der Waals surface area contributed by atoms with Gasteiger partial charge in [-0.25, -0.2) is 0 Å². The maximum Gasteiger partial charge on any atom is 0.0938 e. The monoisotopic (exact) mass is 283 g/mol. The number of piperidine rings is 1. The van der Waals surface area contributed by atoms with E-state index in [1.54, 1.807) is 0 Å². The highest BCUT2D eigenvalue weighted by atomic mass is 35.5. The van der Waals surface area contributed by atoms with Crippen LogP contribution in [0.2, 0.25) is 5.02 Å². The molecule has 1 aromatic rings. The molecule has 0 aromatic heterocycles. The smallest absolute Gasteiger partial charge is 0.0938 e. The topological polar surface area (TPSA) is 52.5 Å². The lowest BCUT2D eigenvalue weighted by Gasteiger charge is -2.39. The summed E-state index contributed by atoms with van der Waals surface area (Å²) in [5.41, 5.74) is -0.0386. The van der Waals surface area contributed by atoms with Crippen molar-refractivity contribution in [1.29, 1.82) is 0 Å². The zero-order chi connectivity index (χ0) is 13.7. The van der Waals surface area contributed by atoms with Crippen LogP contribution < -0.4 is 5.32 Å². The number of hydrogen-bond donors (Lipinski definition) is 3. The molecule has 1 saturated heterocycles. The molecular formula is C15H22ClNO2. The van der Waals surface area contributed by atoms with Crippen molar-refractivity contribution >= 4 is 11.6 Å². The first-order valence-corrected chi connectivity index (χ1v) is 7.34. The average Bonchev–Trinajstić information content (AvgIpc) is 2.45. The van der Waals surface area contributed by atoms with Gasteiger partial charge >= 0.3 is 0 Å². The first-order valence-electron chi connectivity index (χ1n) is 6.97. The minimum absolute atomic E-state index is 0.100. The zero-order valence-electron chi connectivity index (χ0n) is 11.1. The van der Waals surface area contributed by atoms with E-state index < -0.39 is 5.60 Å². The third-order valence-corrected chi connectivity index (χ3v) is 4.25. The molecule has 19 heavy (non-hydrogen) atoms. The van der Waals surface area contributed by atoms with Crippen LogP contribution in [0.25, 0.3) is 0 Å². The van der Waals surface area contributed by atoms with Crippen LogP contribution in [-0.2, 0) is 5.60 Å². The molecule has 106 valence electrons. The summed E-state index contributed by atoms with van der Waals surface area (Å²) in [6.07, 6.45) is 3.24. The third kappa shape index (κ3) is 3.48. The molecular weight excluding hydrogens is 262 g/mol. The summed E-state index contributed by atoms with van der Waals surface area (Å²) in [7, 11) is 0. The highest BCUT2D eigenvalue weighted by molar-refractivity contribution is 6.30. The molecule has 2 atom stereocenters. The maximum atomic E-state index is 11.2. The van der Waals surface area contributed by atoms with Crippen LogP contribution in [0.15, 0.2) is 24.3 Å². The molecule has 0 radical (unpaired) electrons. The van der Waals surface area contributed by atoms with Gasteiger partial charge in [0.2, 0.25) is 0 Å². The summed E-state index contributed by atoms with van der Waals surface area (Å²) in [4.78, 5) is 0. The summed E-state index contributed by atoms with van der Waals surface area (Å²) in [5, 5.41) is 24.2. The van der Waals surface area contributed by atoms with Gasteiger partial charge in [0.15, 0.2) is 0 Å². The number of nitrogens with one attached hydrogen (secondary N) is 1. The molecule has 0 aliphatic carbocycles. The highest BCUT2D eigenvalue weighted by Crippen LogP contribution is 2.38. The van der Waals surface area contributed by atoms with Gasteiger partial charge in [-0.05, 0) is 49.9 Å². The summed E-state index contributed by atoms with van der Waals surface area (Å²) in [6.45, 7) is 1.93. The van der Waals surface area contributed by atoms with Crippen molar-refractivity contribution in [2.75, 3.05) is 19.7 Å². The number of hydrogen-bond acceptors (Lipinski definition) is 3. The molecule has 1 heterocycles. The van der Waals surface area contributed by atoms with Crippen molar-refractivity contribution < 1.29 is 10.2 Å². The number of aliphatic hydroxyl groups is 2. The Bertz CT molecular complexity index is 407.